The van der Waals surface area contributed by atoms with Gasteiger partial charge < -0.3 is 14.2 Å². The van der Waals surface area contributed by atoms with Gasteiger partial charge in [0.2, 0.25) is 5.95 Å². The number of hydrogen-bond donors (Lipinski definition) is 1. The molecule has 1 aliphatic rings. The zero-order valence-electron chi connectivity index (χ0n) is 22.9. The summed E-state index contributed by atoms with van der Waals surface area (Å²) in [6.07, 6.45) is 3.86. The lowest BCUT2D eigenvalue weighted by molar-refractivity contribution is -0.290. The Morgan fingerprint density at radius 2 is 1.89 bits per heavy atom. The van der Waals surface area contributed by atoms with E-state index in [1.165, 1.54) is 12.1 Å². The summed E-state index contributed by atoms with van der Waals surface area (Å²) in [5, 5.41) is 0. The minimum absolute atomic E-state index is 0.0841. The van der Waals surface area contributed by atoms with Crippen LogP contribution in [0.2, 0.25) is 0 Å². The molecule has 2 atom stereocenters. The summed E-state index contributed by atoms with van der Waals surface area (Å²) in [5.41, 5.74) is 2.52. The number of carbonyl (C=O) groups is 1. The first-order valence-corrected chi connectivity index (χ1v) is 12.9. The second kappa shape index (κ2) is 11.5. The molecule has 3 rings (SSSR count). The van der Waals surface area contributed by atoms with Crippen LogP contribution in [-0.4, -0.2) is 46.6 Å². The van der Waals surface area contributed by atoms with Gasteiger partial charge >= 0.3 is 5.97 Å². The number of anilines is 1. The first-order valence-electron chi connectivity index (χ1n) is 12.5. The number of thiol groups is 1. The summed E-state index contributed by atoms with van der Waals surface area (Å²) in [6, 6.07) is 6.23. The van der Waals surface area contributed by atoms with E-state index in [4.69, 9.17) is 24.2 Å². The zero-order chi connectivity index (χ0) is 27.5. The Kier molecular flexibility index (Phi) is 9.03. The van der Waals surface area contributed by atoms with Crippen molar-refractivity contribution in [2.24, 2.45) is 0 Å². The predicted octanol–water partition coefficient (Wildman–Crippen LogP) is 6.34. The first kappa shape index (κ1) is 29.1. The van der Waals surface area contributed by atoms with Crippen LogP contribution in [0.1, 0.15) is 78.5 Å². The molecule has 9 heteroatoms. The maximum atomic E-state index is 13.7. The van der Waals surface area contributed by atoms with Crippen molar-refractivity contribution >= 4 is 30.8 Å². The number of benzene rings is 1. The van der Waals surface area contributed by atoms with Crippen LogP contribution in [-0.2, 0) is 19.0 Å². The maximum absolute atomic E-state index is 13.7. The van der Waals surface area contributed by atoms with E-state index < -0.39 is 11.4 Å². The molecule has 0 spiro atoms. The van der Waals surface area contributed by atoms with Crippen LogP contribution in [0, 0.1) is 5.82 Å². The van der Waals surface area contributed by atoms with Gasteiger partial charge in [-0.2, -0.15) is 0 Å². The second-order valence-corrected chi connectivity index (χ2v) is 11.6. The van der Waals surface area contributed by atoms with Crippen molar-refractivity contribution in [3.8, 4) is 11.3 Å². The van der Waals surface area contributed by atoms with Crippen molar-refractivity contribution in [1.82, 2.24) is 9.97 Å². The number of rotatable bonds is 7. The number of halogens is 1. The van der Waals surface area contributed by atoms with Crippen molar-refractivity contribution in [2.75, 3.05) is 11.4 Å². The normalized spacial score (nSPS) is 19.9. The molecule has 0 radical (unpaired) electrons. The van der Waals surface area contributed by atoms with Gasteiger partial charge in [0.1, 0.15) is 11.4 Å². The highest BCUT2D eigenvalue weighted by molar-refractivity contribution is 7.81. The van der Waals surface area contributed by atoms with Crippen LogP contribution >= 0.6 is 12.8 Å². The number of nitrogens with zero attached hydrogens (tertiary/aromatic N) is 3. The standard InChI is InChI=1S/C28H38FN3O4S/c1-17(2)24-22(25(31-26(30-24)32(8)37)18-9-11-19(29)12-10-18)14-13-20-15-21(35-28(6,7)34-20)16-23(33)36-27(3,4)5/h9-14,17,20-21,37H,15-16H2,1-8H3/b14-13+/t20-,21-/m1/s1. The quantitative estimate of drug-likeness (QED) is 0.330. The molecule has 2 heterocycles. The van der Waals surface area contributed by atoms with Gasteiger partial charge in [-0.1, -0.05) is 38.8 Å². The van der Waals surface area contributed by atoms with E-state index in [2.05, 4.69) is 26.7 Å². The summed E-state index contributed by atoms with van der Waals surface area (Å²) in [4.78, 5) is 21.9. The van der Waals surface area contributed by atoms with Gasteiger partial charge in [0.15, 0.2) is 5.79 Å². The third-order valence-electron chi connectivity index (χ3n) is 5.59. The molecule has 1 saturated heterocycles. The Bertz CT molecular complexity index is 1130. The SMILES string of the molecule is CC(C)c1nc(N(C)S)nc(-c2ccc(F)cc2)c1/C=C/[C@@H]1C[C@H](CC(=O)OC(C)(C)C)OC(C)(C)O1. The van der Waals surface area contributed by atoms with Gasteiger partial charge in [-0.25, -0.2) is 14.4 Å². The van der Waals surface area contributed by atoms with Crippen molar-refractivity contribution in [2.45, 2.75) is 90.8 Å². The molecule has 2 aromatic rings. The Morgan fingerprint density at radius 3 is 2.46 bits per heavy atom. The topological polar surface area (TPSA) is 73.8 Å². The summed E-state index contributed by atoms with van der Waals surface area (Å²) in [6.45, 7) is 13.3. The second-order valence-electron chi connectivity index (χ2n) is 11.0. The molecule has 0 N–H and O–H groups in total. The van der Waals surface area contributed by atoms with Gasteiger partial charge in [-0.15, -0.1) is 0 Å². The molecule has 1 aliphatic heterocycles. The van der Waals surface area contributed by atoms with Gasteiger partial charge in [-0.05, 0) is 64.8 Å². The summed E-state index contributed by atoms with van der Waals surface area (Å²) < 4.78 is 32.9. The number of ether oxygens (including phenoxy) is 3. The Balaban J connectivity index is 1.97. The van der Waals surface area contributed by atoms with Crippen LogP contribution in [0.15, 0.2) is 30.3 Å². The lowest BCUT2D eigenvalue weighted by Gasteiger charge is -2.39. The fourth-order valence-electron chi connectivity index (χ4n) is 4.22. The van der Waals surface area contributed by atoms with Crippen molar-refractivity contribution < 1.29 is 23.4 Å². The number of hydrogen-bond acceptors (Lipinski definition) is 8. The van der Waals surface area contributed by atoms with Crippen molar-refractivity contribution in [3.63, 3.8) is 0 Å². The maximum Gasteiger partial charge on any atom is 0.308 e. The molecule has 0 unspecified atom stereocenters. The highest BCUT2D eigenvalue weighted by Crippen LogP contribution is 2.34. The summed E-state index contributed by atoms with van der Waals surface area (Å²) in [7, 11) is 1.76. The number of esters is 1. The van der Waals surface area contributed by atoms with E-state index in [1.54, 1.807) is 23.5 Å². The molecular weight excluding hydrogens is 493 g/mol. The molecule has 1 aromatic carbocycles. The smallest absolute Gasteiger partial charge is 0.308 e. The first-order chi connectivity index (χ1) is 17.1. The van der Waals surface area contributed by atoms with Gasteiger partial charge in [-0.3, -0.25) is 9.10 Å². The minimum atomic E-state index is -0.879. The minimum Gasteiger partial charge on any atom is -0.460 e. The molecular formula is C28H38FN3O4S. The van der Waals surface area contributed by atoms with Crippen LogP contribution in [0.4, 0.5) is 10.3 Å². The molecule has 1 aromatic heterocycles. The van der Waals surface area contributed by atoms with E-state index in [1.807, 2.05) is 46.8 Å². The van der Waals surface area contributed by atoms with Crippen molar-refractivity contribution in [1.29, 1.82) is 0 Å². The van der Waals surface area contributed by atoms with Crippen LogP contribution < -0.4 is 4.31 Å². The Labute approximate surface area is 225 Å². The van der Waals surface area contributed by atoms with Gasteiger partial charge in [0.25, 0.3) is 0 Å². The third-order valence-corrected chi connectivity index (χ3v) is 5.77. The average Bonchev–Trinajstić information content (AvgIpc) is 2.75. The van der Waals surface area contributed by atoms with E-state index in [0.29, 0.717) is 18.1 Å². The lowest BCUT2D eigenvalue weighted by atomic mass is 9.97. The summed E-state index contributed by atoms with van der Waals surface area (Å²) in [5.74, 6) is -0.974. The molecule has 37 heavy (non-hydrogen) atoms. The molecule has 0 amide bonds. The van der Waals surface area contributed by atoms with E-state index in [9.17, 15) is 9.18 Å². The number of aromatic nitrogens is 2. The average molecular weight is 532 g/mol. The third kappa shape index (κ3) is 8.25. The zero-order valence-corrected chi connectivity index (χ0v) is 23.8. The van der Waals surface area contributed by atoms with Crippen LogP contribution in [0.25, 0.3) is 17.3 Å². The van der Waals surface area contributed by atoms with Crippen LogP contribution in [0.5, 0.6) is 0 Å². The predicted molar refractivity (Wildman–Crippen MR) is 147 cm³/mol. The molecule has 0 saturated carbocycles. The molecule has 1 fully saturated rings. The Morgan fingerprint density at radius 1 is 1.24 bits per heavy atom. The fraction of sp³-hybridized carbons (Fsp3) is 0.536. The van der Waals surface area contributed by atoms with E-state index >= 15 is 0 Å². The molecule has 0 aliphatic carbocycles. The lowest BCUT2D eigenvalue weighted by Crippen LogP contribution is -2.45. The monoisotopic (exact) mass is 531 g/mol. The van der Waals surface area contributed by atoms with Crippen LogP contribution in [0.3, 0.4) is 0 Å². The summed E-state index contributed by atoms with van der Waals surface area (Å²) >= 11 is 4.39. The van der Waals surface area contributed by atoms with Gasteiger partial charge in [0, 0.05) is 24.6 Å². The molecule has 7 nitrogen and oxygen atoms in total. The highest BCUT2D eigenvalue weighted by atomic mass is 32.1. The van der Waals surface area contributed by atoms with Crippen molar-refractivity contribution in [3.05, 3.63) is 47.4 Å². The molecule has 0 bridgehead atoms. The van der Waals surface area contributed by atoms with E-state index in [-0.39, 0.29) is 36.3 Å². The molecule has 202 valence electrons. The fourth-order valence-corrected chi connectivity index (χ4v) is 4.31. The Hall–Kier alpha value is -2.49. The highest BCUT2D eigenvalue weighted by Gasteiger charge is 2.36. The largest absolute Gasteiger partial charge is 0.460 e. The van der Waals surface area contributed by atoms with Gasteiger partial charge in [0.05, 0.1) is 30.0 Å². The van der Waals surface area contributed by atoms with E-state index in [0.717, 1.165) is 16.8 Å². The number of carbonyl (C=O) groups excluding carboxylic acids is 1.